The van der Waals surface area contributed by atoms with Crippen molar-refractivity contribution in [3.63, 3.8) is 0 Å². The molecule has 0 amide bonds. The number of rotatable bonds is 3. The highest BCUT2D eigenvalue weighted by atomic mass is 16.3. The van der Waals surface area contributed by atoms with Crippen LogP contribution in [0.3, 0.4) is 0 Å². The molecule has 0 aromatic heterocycles. The second-order valence-electron chi connectivity index (χ2n) is 10.8. The maximum atomic E-state index is 13.3. The first kappa shape index (κ1) is 18.6. The number of carbonyl (C=O) groups excluding carboxylic acids is 1. The summed E-state index contributed by atoms with van der Waals surface area (Å²) in [5, 5.41) is 9.71. The van der Waals surface area contributed by atoms with Crippen LogP contribution >= 0.6 is 0 Å². The Kier molecular flexibility index (Phi) is 4.56. The Morgan fingerprint density at radius 3 is 2.58 bits per heavy atom. The highest BCUT2D eigenvalue weighted by Crippen LogP contribution is 2.67. The first-order valence-corrected chi connectivity index (χ1v) is 11.2. The van der Waals surface area contributed by atoms with Crippen LogP contribution < -0.4 is 0 Å². The zero-order chi connectivity index (χ0) is 18.7. The van der Waals surface area contributed by atoms with Crippen molar-refractivity contribution in [2.75, 3.05) is 0 Å². The molecular weight excluding hydrogens is 320 g/mol. The molecule has 2 nitrogen and oxygen atoms in total. The highest BCUT2D eigenvalue weighted by molar-refractivity contribution is 5.83. The molecule has 26 heavy (non-hydrogen) atoms. The van der Waals surface area contributed by atoms with Gasteiger partial charge in [-0.1, -0.05) is 40.2 Å². The molecule has 4 aliphatic carbocycles. The van der Waals surface area contributed by atoms with E-state index >= 15 is 0 Å². The van der Waals surface area contributed by atoms with Crippen LogP contribution in [0.1, 0.15) is 85.0 Å². The molecule has 4 fully saturated rings. The van der Waals surface area contributed by atoms with E-state index < -0.39 is 0 Å². The largest absolute Gasteiger partial charge is 0.513 e. The zero-order valence-corrected chi connectivity index (χ0v) is 17.1. The molecule has 0 saturated heterocycles. The maximum absolute atomic E-state index is 13.3. The van der Waals surface area contributed by atoms with E-state index in [0.29, 0.717) is 52.5 Å². The third kappa shape index (κ3) is 2.61. The number of Topliss-reactive ketones (excluding diaryl/α,β-unsaturated/α-hetero) is 1. The van der Waals surface area contributed by atoms with Gasteiger partial charge < -0.3 is 5.11 Å². The molecule has 0 bridgehead atoms. The first-order chi connectivity index (χ1) is 12.3. The van der Waals surface area contributed by atoms with Gasteiger partial charge in [-0.2, -0.15) is 0 Å². The lowest BCUT2D eigenvalue weighted by Gasteiger charge is -2.60. The molecule has 2 heteroatoms. The Morgan fingerprint density at radius 1 is 1.12 bits per heavy atom. The van der Waals surface area contributed by atoms with Crippen LogP contribution in [0.25, 0.3) is 0 Å². The van der Waals surface area contributed by atoms with Crippen LogP contribution in [0, 0.1) is 46.3 Å². The van der Waals surface area contributed by atoms with Gasteiger partial charge in [0.15, 0.2) is 0 Å². The Labute approximate surface area is 159 Å². The lowest BCUT2D eigenvalue weighted by molar-refractivity contribution is -0.156. The van der Waals surface area contributed by atoms with Crippen molar-refractivity contribution in [3.8, 4) is 0 Å². The van der Waals surface area contributed by atoms with Gasteiger partial charge >= 0.3 is 0 Å². The summed E-state index contributed by atoms with van der Waals surface area (Å²) in [6.45, 7) is 11.0. The van der Waals surface area contributed by atoms with Gasteiger partial charge in [0, 0.05) is 18.8 Å². The first-order valence-electron chi connectivity index (χ1n) is 11.2. The topological polar surface area (TPSA) is 37.3 Å². The van der Waals surface area contributed by atoms with E-state index in [9.17, 15) is 9.90 Å². The third-order valence-electron chi connectivity index (χ3n) is 9.71. The summed E-state index contributed by atoms with van der Waals surface area (Å²) in [5.41, 5.74) is 0.699. The third-order valence-corrected chi connectivity index (χ3v) is 9.71. The van der Waals surface area contributed by atoms with Crippen LogP contribution in [-0.4, -0.2) is 10.9 Å². The Bertz CT molecular complexity index is 595. The fraction of sp³-hybridized carbons (Fsp3) is 0.875. The molecule has 0 aliphatic heterocycles. The summed E-state index contributed by atoms with van der Waals surface area (Å²) in [4.78, 5) is 13.3. The van der Waals surface area contributed by atoms with E-state index in [-0.39, 0.29) is 5.41 Å². The predicted molar refractivity (Wildman–Crippen MR) is 106 cm³/mol. The predicted octanol–water partition coefficient (Wildman–Crippen LogP) is 6.31. The van der Waals surface area contributed by atoms with Gasteiger partial charge in [-0.15, -0.1) is 0 Å². The van der Waals surface area contributed by atoms with Crippen molar-refractivity contribution in [3.05, 3.63) is 12.3 Å². The lowest BCUT2D eigenvalue weighted by Crippen LogP contribution is -2.56. The summed E-state index contributed by atoms with van der Waals surface area (Å²) in [7, 11) is 0. The number of aliphatic hydroxyl groups excluding tert-OH is 1. The van der Waals surface area contributed by atoms with Crippen molar-refractivity contribution >= 4 is 5.78 Å². The normalized spacial score (nSPS) is 49.0. The quantitative estimate of drug-likeness (QED) is 0.600. The Morgan fingerprint density at radius 2 is 1.85 bits per heavy atom. The van der Waals surface area contributed by atoms with Gasteiger partial charge in [-0.05, 0) is 78.9 Å². The van der Waals surface area contributed by atoms with Gasteiger partial charge in [-0.25, -0.2) is 0 Å². The van der Waals surface area contributed by atoms with Crippen molar-refractivity contribution in [1.82, 2.24) is 0 Å². The number of allylic oxidation sites excluding steroid dienone is 1. The fourth-order valence-corrected chi connectivity index (χ4v) is 8.45. The maximum Gasteiger partial charge on any atom is 0.136 e. The molecule has 8 unspecified atom stereocenters. The van der Waals surface area contributed by atoms with Crippen molar-refractivity contribution in [1.29, 1.82) is 0 Å². The van der Waals surface area contributed by atoms with E-state index in [0.717, 1.165) is 12.8 Å². The minimum atomic E-state index is 0.281. The van der Waals surface area contributed by atoms with Gasteiger partial charge in [0.05, 0.1) is 5.76 Å². The number of fused-ring (bicyclic) bond motifs is 5. The number of carbonyl (C=O) groups is 1. The van der Waals surface area contributed by atoms with E-state index in [4.69, 9.17) is 0 Å². The van der Waals surface area contributed by atoms with Crippen molar-refractivity contribution in [2.24, 2.45) is 46.3 Å². The van der Waals surface area contributed by atoms with Crippen LogP contribution in [-0.2, 0) is 4.79 Å². The molecule has 8 atom stereocenters. The summed E-state index contributed by atoms with van der Waals surface area (Å²) in [5.74, 6) is 4.21. The average Bonchev–Trinajstić information content (AvgIpc) is 2.92. The smallest absolute Gasteiger partial charge is 0.136 e. The Balaban J connectivity index is 1.62. The SMILES string of the molecule is C=C(O)CC(C)C1CCC2C3C(=O)CC4CCCCC4(C)C3CCC12C. The van der Waals surface area contributed by atoms with Crippen molar-refractivity contribution in [2.45, 2.75) is 85.0 Å². The summed E-state index contributed by atoms with van der Waals surface area (Å²) in [6.07, 6.45) is 11.9. The standard InChI is InChI=1S/C24H38O2/c1-15(13-16(2)25)18-8-9-19-22-20(10-12-24(18,19)4)23(3)11-6-5-7-17(23)14-21(22)26/h15,17-20,22,25H,2,5-14H2,1,3-4H3. The van der Waals surface area contributed by atoms with E-state index in [2.05, 4.69) is 27.4 Å². The number of aliphatic hydroxyl groups is 1. The average molecular weight is 359 g/mol. The van der Waals surface area contributed by atoms with Crippen LogP contribution in [0.15, 0.2) is 12.3 Å². The number of ketones is 1. The molecule has 0 radical (unpaired) electrons. The van der Waals surface area contributed by atoms with E-state index in [1.54, 1.807) is 0 Å². The molecule has 0 aromatic carbocycles. The molecule has 0 aromatic rings. The minimum absolute atomic E-state index is 0.281. The second kappa shape index (κ2) is 6.38. The van der Waals surface area contributed by atoms with Gasteiger partial charge in [0.1, 0.15) is 5.78 Å². The summed E-state index contributed by atoms with van der Waals surface area (Å²) < 4.78 is 0. The van der Waals surface area contributed by atoms with Gasteiger partial charge in [0.2, 0.25) is 0 Å². The Hall–Kier alpha value is -0.790. The summed E-state index contributed by atoms with van der Waals surface area (Å²) >= 11 is 0. The molecule has 0 heterocycles. The lowest BCUT2D eigenvalue weighted by atomic mass is 9.44. The minimum Gasteiger partial charge on any atom is -0.513 e. The molecule has 0 spiro atoms. The fourth-order valence-electron chi connectivity index (χ4n) is 8.45. The van der Waals surface area contributed by atoms with Crippen LogP contribution in [0.2, 0.25) is 0 Å². The van der Waals surface area contributed by atoms with Crippen molar-refractivity contribution < 1.29 is 9.90 Å². The summed E-state index contributed by atoms with van der Waals surface area (Å²) in [6, 6.07) is 0. The second-order valence-corrected chi connectivity index (χ2v) is 10.8. The monoisotopic (exact) mass is 358 g/mol. The molecule has 4 saturated carbocycles. The molecule has 1 N–H and O–H groups in total. The van der Waals surface area contributed by atoms with E-state index in [1.807, 2.05) is 0 Å². The number of hydrogen-bond donors (Lipinski definition) is 1. The zero-order valence-electron chi connectivity index (χ0n) is 17.1. The molecule has 4 rings (SSSR count). The highest BCUT2D eigenvalue weighted by Gasteiger charge is 2.62. The van der Waals surface area contributed by atoms with E-state index in [1.165, 1.54) is 51.4 Å². The molecule has 4 aliphatic rings. The van der Waals surface area contributed by atoms with Crippen LogP contribution in [0.5, 0.6) is 0 Å². The van der Waals surface area contributed by atoms with Crippen LogP contribution in [0.4, 0.5) is 0 Å². The molecule has 146 valence electrons. The van der Waals surface area contributed by atoms with Gasteiger partial charge in [0.25, 0.3) is 0 Å². The molecular formula is C24H38O2. The number of hydrogen-bond acceptors (Lipinski definition) is 2. The van der Waals surface area contributed by atoms with Gasteiger partial charge in [-0.3, -0.25) is 4.79 Å².